The molecule has 0 spiro atoms. The summed E-state index contributed by atoms with van der Waals surface area (Å²) in [4.78, 5) is 24.3. The highest BCUT2D eigenvalue weighted by Crippen LogP contribution is 2.37. The van der Waals surface area contributed by atoms with Crippen LogP contribution in [0.5, 0.6) is 17.2 Å². The van der Waals surface area contributed by atoms with E-state index >= 15 is 0 Å². The summed E-state index contributed by atoms with van der Waals surface area (Å²) in [6.45, 7) is 1.12. The quantitative estimate of drug-likeness (QED) is 0.633. The first kappa shape index (κ1) is 18.8. The lowest BCUT2D eigenvalue weighted by Crippen LogP contribution is -2.15. The number of halogens is 1. The number of Topliss-reactive ketones (excluding diaryl/α,β-unsaturated/α-hetero) is 1. The molecule has 3 aromatic rings. The van der Waals surface area contributed by atoms with Gasteiger partial charge in [-0.25, -0.2) is 0 Å². The van der Waals surface area contributed by atoms with Crippen LogP contribution >= 0.6 is 11.6 Å². The highest BCUT2D eigenvalue weighted by atomic mass is 35.5. The Morgan fingerprint density at radius 3 is 2.48 bits per heavy atom. The molecule has 1 aromatic heterocycles. The van der Waals surface area contributed by atoms with Gasteiger partial charge in [-0.05, 0) is 43.3 Å². The van der Waals surface area contributed by atoms with E-state index in [2.05, 4.69) is 0 Å². The minimum atomic E-state index is -0.412. The maximum atomic E-state index is 13.0. The summed E-state index contributed by atoms with van der Waals surface area (Å²) in [7, 11) is 3.03. The van der Waals surface area contributed by atoms with Crippen molar-refractivity contribution in [2.75, 3.05) is 20.8 Å². The first-order valence-electron chi connectivity index (χ1n) is 8.05. The van der Waals surface area contributed by atoms with Crippen molar-refractivity contribution in [2.45, 2.75) is 6.92 Å². The molecule has 2 aromatic carbocycles. The second kappa shape index (κ2) is 7.72. The number of ether oxygens (including phenoxy) is 3. The van der Waals surface area contributed by atoms with Gasteiger partial charge < -0.3 is 18.6 Å². The second-order valence-corrected chi connectivity index (χ2v) is 6.23. The van der Waals surface area contributed by atoms with Gasteiger partial charge in [0.05, 0.1) is 19.6 Å². The fourth-order valence-corrected chi connectivity index (χ4v) is 2.79. The maximum absolute atomic E-state index is 13.0. The van der Waals surface area contributed by atoms with Crippen LogP contribution in [0.15, 0.2) is 45.6 Å². The van der Waals surface area contributed by atoms with E-state index in [1.54, 1.807) is 30.3 Å². The van der Waals surface area contributed by atoms with E-state index in [-0.39, 0.29) is 29.3 Å². The largest absolute Gasteiger partial charge is 0.493 e. The van der Waals surface area contributed by atoms with Crippen molar-refractivity contribution in [3.8, 4) is 28.6 Å². The molecule has 0 aliphatic rings. The number of ketones is 1. The number of hydrogen-bond acceptors (Lipinski definition) is 6. The molecule has 140 valence electrons. The van der Waals surface area contributed by atoms with Crippen molar-refractivity contribution in [1.29, 1.82) is 0 Å². The summed E-state index contributed by atoms with van der Waals surface area (Å²) >= 11 is 5.99. The Hall–Kier alpha value is -2.99. The van der Waals surface area contributed by atoms with Crippen molar-refractivity contribution >= 4 is 28.4 Å². The van der Waals surface area contributed by atoms with Crippen LogP contribution in [0.4, 0.5) is 0 Å². The molecule has 0 saturated heterocycles. The minimum Gasteiger partial charge on any atom is -0.493 e. The van der Waals surface area contributed by atoms with Crippen LogP contribution in [0, 0.1) is 0 Å². The molecule has 0 amide bonds. The molecular formula is C20H17ClO6. The van der Waals surface area contributed by atoms with Gasteiger partial charge in [-0.3, -0.25) is 9.59 Å². The number of carbonyl (C=O) groups excluding carboxylic acids is 1. The lowest BCUT2D eigenvalue weighted by molar-refractivity contribution is -0.118. The molecule has 3 rings (SSSR count). The van der Waals surface area contributed by atoms with Crippen molar-refractivity contribution in [3.63, 3.8) is 0 Å². The Labute approximate surface area is 160 Å². The Morgan fingerprint density at radius 1 is 1.07 bits per heavy atom. The molecule has 0 unspecified atom stereocenters. The molecule has 1 heterocycles. The third-order valence-corrected chi connectivity index (χ3v) is 4.11. The summed E-state index contributed by atoms with van der Waals surface area (Å²) in [5.74, 6) is 0.900. The van der Waals surface area contributed by atoms with E-state index in [9.17, 15) is 9.59 Å². The zero-order chi connectivity index (χ0) is 19.6. The van der Waals surface area contributed by atoms with Gasteiger partial charge in [0.15, 0.2) is 23.0 Å². The van der Waals surface area contributed by atoms with Crippen LogP contribution in [-0.2, 0) is 4.79 Å². The smallest absolute Gasteiger partial charge is 0.235 e. The number of rotatable bonds is 6. The zero-order valence-corrected chi connectivity index (χ0v) is 15.8. The summed E-state index contributed by atoms with van der Waals surface area (Å²) in [6.07, 6.45) is 0. The van der Waals surface area contributed by atoms with Gasteiger partial charge in [-0.2, -0.15) is 0 Å². The summed E-state index contributed by atoms with van der Waals surface area (Å²) < 4.78 is 22.0. The van der Waals surface area contributed by atoms with Crippen LogP contribution in [0.3, 0.4) is 0 Å². The number of methoxy groups -OCH3 is 2. The number of hydrogen-bond donors (Lipinski definition) is 0. The van der Waals surface area contributed by atoms with Gasteiger partial charge in [0.1, 0.15) is 12.2 Å². The summed E-state index contributed by atoms with van der Waals surface area (Å²) in [5.41, 5.74) is 0.481. The van der Waals surface area contributed by atoms with E-state index < -0.39 is 5.43 Å². The van der Waals surface area contributed by atoms with E-state index in [0.29, 0.717) is 27.7 Å². The predicted octanol–water partition coefficient (Wildman–Crippen LogP) is 4.10. The zero-order valence-electron chi connectivity index (χ0n) is 15.0. The van der Waals surface area contributed by atoms with Gasteiger partial charge in [0, 0.05) is 10.6 Å². The third-order valence-electron chi connectivity index (χ3n) is 3.88. The Morgan fingerprint density at radius 2 is 1.81 bits per heavy atom. The van der Waals surface area contributed by atoms with E-state index in [4.69, 9.17) is 30.2 Å². The van der Waals surface area contributed by atoms with Gasteiger partial charge in [0.25, 0.3) is 0 Å². The van der Waals surface area contributed by atoms with E-state index in [0.717, 1.165) is 0 Å². The van der Waals surface area contributed by atoms with Gasteiger partial charge >= 0.3 is 0 Å². The average molecular weight is 389 g/mol. The Bertz CT molecular complexity index is 1070. The van der Waals surface area contributed by atoms with Crippen molar-refractivity contribution in [3.05, 3.63) is 51.6 Å². The fraction of sp³-hybridized carbons (Fsp3) is 0.200. The highest BCUT2D eigenvalue weighted by molar-refractivity contribution is 6.31. The molecule has 0 saturated carbocycles. The lowest BCUT2D eigenvalue weighted by atomic mass is 10.1. The lowest BCUT2D eigenvalue weighted by Gasteiger charge is -2.13. The Balaban J connectivity index is 2.27. The molecular weight excluding hydrogens is 372 g/mol. The molecule has 0 radical (unpaired) electrons. The SMILES string of the molecule is COc1ccc(-c2oc3ccc(Cl)cc3c(=O)c2OCC(C)=O)cc1OC. The normalized spacial score (nSPS) is 10.7. The summed E-state index contributed by atoms with van der Waals surface area (Å²) in [5, 5.41) is 0.663. The first-order chi connectivity index (χ1) is 12.9. The van der Waals surface area contributed by atoms with Crippen LogP contribution in [0.2, 0.25) is 5.02 Å². The topological polar surface area (TPSA) is 75.0 Å². The molecule has 7 heteroatoms. The Kier molecular flexibility index (Phi) is 5.37. The number of carbonyl (C=O) groups is 1. The average Bonchev–Trinajstić information content (AvgIpc) is 2.66. The van der Waals surface area contributed by atoms with E-state index in [1.807, 2.05) is 0 Å². The number of benzene rings is 2. The monoisotopic (exact) mass is 388 g/mol. The second-order valence-electron chi connectivity index (χ2n) is 5.79. The molecule has 0 atom stereocenters. The van der Waals surface area contributed by atoms with Crippen molar-refractivity contribution in [2.24, 2.45) is 0 Å². The molecule has 0 aliphatic carbocycles. The van der Waals surface area contributed by atoms with Crippen LogP contribution < -0.4 is 19.6 Å². The first-order valence-corrected chi connectivity index (χ1v) is 8.43. The van der Waals surface area contributed by atoms with E-state index in [1.165, 1.54) is 27.2 Å². The highest BCUT2D eigenvalue weighted by Gasteiger charge is 2.20. The fourth-order valence-electron chi connectivity index (χ4n) is 2.62. The van der Waals surface area contributed by atoms with Gasteiger partial charge in [-0.15, -0.1) is 0 Å². The standard InChI is InChI=1S/C20H17ClO6/c1-11(22)10-26-20-18(23)14-9-13(21)5-7-15(14)27-19(20)12-4-6-16(24-2)17(8-12)25-3/h4-9H,10H2,1-3H3. The third kappa shape index (κ3) is 3.75. The molecule has 0 fully saturated rings. The van der Waals surface area contributed by atoms with Crippen molar-refractivity contribution < 1.29 is 23.4 Å². The van der Waals surface area contributed by atoms with Gasteiger partial charge in [-0.1, -0.05) is 11.6 Å². The van der Waals surface area contributed by atoms with Crippen molar-refractivity contribution in [1.82, 2.24) is 0 Å². The maximum Gasteiger partial charge on any atom is 0.235 e. The van der Waals surface area contributed by atoms with Gasteiger partial charge in [0.2, 0.25) is 11.2 Å². The number of fused-ring (bicyclic) bond motifs is 1. The van der Waals surface area contributed by atoms with Crippen LogP contribution in [0.1, 0.15) is 6.92 Å². The van der Waals surface area contributed by atoms with Crippen LogP contribution in [-0.4, -0.2) is 26.6 Å². The molecule has 0 bridgehead atoms. The molecule has 6 nitrogen and oxygen atoms in total. The molecule has 27 heavy (non-hydrogen) atoms. The molecule has 0 N–H and O–H groups in total. The molecule has 0 aliphatic heterocycles. The predicted molar refractivity (Wildman–Crippen MR) is 102 cm³/mol. The minimum absolute atomic E-state index is 0.0628. The summed E-state index contributed by atoms with van der Waals surface area (Å²) in [6, 6.07) is 9.80. The van der Waals surface area contributed by atoms with Crippen LogP contribution in [0.25, 0.3) is 22.3 Å².